The van der Waals surface area contributed by atoms with E-state index in [2.05, 4.69) is 5.32 Å². The third-order valence-electron chi connectivity index (χ3n) is 3.63. The first-order valence-electron chi connectivity index (χ1n) is 5.76. The summed E-state index contributed by atoms with van der Waals surface area (Å²) in [5.41, 5.74) is 0. The summed E-state index contributed by atoms with van der Waals surface area (Å²) in [6, 6.07) is 0.447. The molecule has 0 bridgehead atoms. The van der Waals surface area contributed by atoms with Gasteiger partial charge in [-0.3, -0.25) is 4.79 Å². The molecule has 0 aromatic heterocycles. The van der Waals surface area contributed by atoms with Crippen molar-refractivity contribution < 1.29 is 4.79 Å². The zero-order valence-corrected chi connectivity index (χ0v) is 8.96. The van der Waals surface area contributed by atoms with Gasteiger partial charge in [0.05, 0.1) is 0 Å². The maximum atomic E-state index is 12.0. The molecule has 1 N–H and O–H groups in total. The molecule has 80 valence electrons. The smallest absolute Gasteiger partial charge is 0.225 e. The summed E-state index contributed by atoms with van der Waals surface area (Å²) in [6.45, 7) is 2.04. The fourth-order valence-electron chi connectivity index (χ4n) is 2.61. The highest BCUT2D eigenvalue weighted by atomic mass is 16.2. The Bertz CT molecular complexity index is 205. The molecule has 3 nitrogen and oxygen atoms in total. The van der Waals surface area contributed by atoms with Crippen LogP contribution in [0.1, 0.15) is 32.1 Å². The van der Waals surface area contributed by atoms with Crippen molar-refractivity contribution in [1.82, 2.24) is 10.2 Å². The molecular formula is C11H20N2O. The van der Waals surface area contributed by atoms with Crippen molar-refractivity contribution in [3.8, 4) is 0 Å². The molecular weight excluding hydrogens is 176 g/mol. The number of carbonyl (C=O) groups excluding carboxylic acids is 1. The van der Waals surface area contributed by atoms with Crippen molar-refractivity contribution in [3.05, 3.63) is 0 Å². The molecule has 1 heterocycles. The van der Waals surface area contributed by atoms with E-state index < -0.39 is 0 Å². The molecule has 1 aliphatic heterocycles. The van der Waals surface area contributed by atoms with Gasteiger partial charge in [-0.15, -0.1) is 0 Å². The van der Waals surface area contributed by atoms with Crippen LogP contribution >= 0.6 is 0 Å². The largest absolute Gasteiger partial charge is 0.341 e. The van der Waals surface area contributed by atoms with Gasteiger partial charge in [0, 0.05) is 25.6 Å². The van der Waals surface area contributed by atoms with E-state index in [-0.39, 0.29) is 0 Å². The second-order valence-electron chi connectivity index (χ2n) is 4.58. The van der Waals surface area contributed by atoms with Crippen molar-refractivity contribution in [2.75, 3.05) is 20.1 Å². The first-order chi connectivity index (χ1) is 6.79. The van der Waals surface area contributed by atoms with E-state index in [4.69, 9.17) is 0 Å². The van der Waals surface area contributed by atoms with Crippen LogP contribution in [0, 0.1) is 5.92 Å². The number of nitrogens with one attached hydrogen (secondary N) is 1. The van der Waals surface area contributed by atoms with Crippen LogP contribution in [0.25, 0.3) is 0 Å². The highest BCUT2D eigenvalue weighted by Gasteiger charge is 2.30. The Morgan fingerprint density at radius 1 is 1.29 bits per heavy atom. The van der Waals surface area contributed by atoms with Gasteiger partial charge in [0.2, 0.25) is 5.91 Å². The fraction of sp³-hybridized carbons (Fsp3) is 0.909. The molecule has 1 amide bonds. The van der Waals surface area contributed by atoms with Gasteiger partial charge in [0.15, 0.2) is 0 Å². The number of carbonyl (C=O) groups is 1. The lowest BCUT2D eigenvalue weighted by Crippen LogP contribution is -2.41. The molecule has 2 aliphatic rings. The lowest BCUT2D eigenvalue weighted by Gasteiger charge is -2.26. The van der Waals surface area contributed by atoms with Crippen LogP contribution < -0.4 is 5.32 Å². The molecule has 14 heavy (non-hydrogen) atoms. The standard InChI is InChI=1S/C11H20N2O/c1-13(10-6-7-12-8-10)11(14)9-4-2-3-5-9/h9-10,12H,2-8H2,1H3/t10-/m0/s1. The average molecular weight is 196 g/mol. The van der Waals surface area contributed by atoms with Crippen LogP contribution in [0.3, 0.4) is 0 Å². The van der Waals surface area contributed by atoms with Gasteiger partial charge < -0.3 is 10.2 Å². The summed E-state index contributed by atoms with van der Waals surface area (Å²) < 4.78 is 0. The molecule has 2 fully saturated rings. The fourth-order valence-corrected chi connectivity index (χ4v) is 2.61. The Balaban J connectivity index is 1.89. The second kappa shape index (κ2) is 4.30. The van der Waals surface area contributed by atoms with Crippen LogP contribution in [0.4, 0.5) is 0 Å². The Kier molecular flexibility index (Phi) is 3.06. The number of hydrogen-bond donors (Lipinski definition) is 1. The van der Waals surface area contributed by atoms with Crippen molar-refractivity contribution in [1.29, 1.82) is 0 Å². The predicted octanol–water partition coefficient (Wildman–Crippen LogP) is 0.997. The third-order valence-corrected chi connectivity index (χ3v) is 3.63. The van der Waals surface area contributed by atoms with E-state index in [1.807, 2.05) is 11.9 Å². The molecule has 1 aliphatic carbocycles. The number of nitrogens with zero attached hydrogens (tertiary/aromatic N) is 1. The summed E-state index contributed by atoms with van der Waals surface area (Å²) >= 11 is 0. The van der Waals surface area contributed by atoms with Crippen molar-refractivity contribution >= 4 is 5.91 Å². The molecule has 0 aromatic carbocycles. The molecule has 1 atom stereocenters. The number of amides is 1. The van der Waals surface area contributed by atoms with Crippen LogP contribution in [-0.4, -0.2) is 37.0 Å². The van der Waals surface area contributed by atoms with E-state index in [1.54, 1.807) is 0 Å². The Hall–Kier alpha value is -0.570. The lowest BCUT2D eigenvalue weighted by molar-refractivity contribution is -0.135. The lowest BCUT2D eigenvalue weighted by atomic mass is 10.1. The molecule has 0 radical (unpaired) electrons. The third kappa shape index (κ3) is 1.92. The van der Waals surface area contributed by atoms with Crippen LogP contribution in [-0.2, 0) is 4.79 Å². The Morgan fingerprint density at radius 3 is 2.57 bits per heavy atom. The van der Waals surface area contributed by atoms with Gasteiger partial charge in [0.25, 0.3) is 0 Å². The summed E-state index contributed by atoms with van der Waals surface area (Å²) in [5, 5.41) is 3.30. The summed E-state index contributed by atoms with van der Waals surface area (Å²) in [6.07, 6.45) is 5.84. The van der Waals surface area contributed by atoms with Crippen molar-refractivity contribution in [2.24, 2.45) is 5.92 Å². The first kappa shape index (κ1) is 9.97. The average Bonchev–Trinajstić information content (AvgIpc) is 2.87. The van der Waals surface area contributed by atoms with Crippen LogP contribution in [0.5, 0.6) is 0 Å². The molecule has 0 aromatic rings. The molecule has 2 rings (SSSR count). The molecule has 1 saturated carbocycles. The summed E-state index contributed by atoms with van der Waals surface area (Å²) in [4.78, 5) is 14.0. The van der Waals surface area contributed by atoms with Gasteiger partial charge >= 0.3 is 0 Å². The van der Waals surface area contributed by atoms with Gasteiger partial charge in [-0.25, -0.2) is 0 Å². The van der Waals surface area contributed by atoms with Gasteiger partial charge in [-0.2, -0.15) is 0 Å². The molecule has 0 spiro atoms. The first-order valence-corrected chi connectivity index (χ1v) is 5.76. The zero-order valence-electron chi connectivity index (χ0n) is 8.96. The minimum Gasteiger partial charge on any atom is -0.341 e. The highest BCUT2D eigenvalue weighted by molar-refractivity contribution is 5.79. The van der Waals surface area contributed by atoms with E-state index in [0.717, 1.165) is 32.4 Å². The normalized spacial score (nSPS) is 28.2. The maximum absolute atomic E-state index is 12.0. The number of hydrogen-bond acceptors (Lipinski definition) is 2. The quantitative estimate of drug-likeness (QED) is 0.714. The van der Waals surface area contributed by atoms with Gasteiger partial charge in [-0.05, 0) is 25.8 Å². The van der Waals surface area contributed by atoms with Gasteiger partial charge in [-0.1, -0.05) is 12.8 Å². The van der Waals surface area contributed by atoms with E-state index in [0.29, 0.717) is 17.9 Å². The van der Waals surface area contributed by atoms with Crippen molar-refractivity contribution in [3.63, 3.8) is 0 Å². The second-order valence-corrected chi connectivity index (χ2v) is 4.58. The Morgan fingerprint density at radius 2 is 2.00 bits per heavy atom. The van der Waals surface area contributed by atoms with Crippen LogP contribution in [0.15, 0.2) is 0 Å². The minimum atomic E-state index is 0.334. The number of likely N-dealkylation sites (N-methyl/N-ethyl adjacent to an activating group) is 1. The van der Waals surface area contributed by atoms with Crippen molar-refractivity contribution in [2.45, 2.75) is 38.1 Å². The minimum absolute atomic E-state index is 0.334. The van der Waals surface area contributed by atoms with Gasteiger partial charge in [0.1, 0.15) is 0 Å². The summed E-state index contributed by atoms with van der Waals surface area (Å²) in [7, 11) is 1.97. The number of rotatable bonds is 2. The van der Waals surface area contributed by atoms with E-state index in [1.165, 1.54) is 12.8 Å². The Labute approximate surface area is 85.8 Å². The SMILES string of the molecule is CN(C(=O)C1CCCC1)[C@H]1CCNC1. The molecule has 3 heteroatoms. The predicted molar refractivity (Wildman–Crippen MR) is 56.0 cm³/mol. The zero-order chi connectivity index (χ0) is 9.97. The van der Waals surface area contributed by atoms with E-state index >= 15 is 0 Å². The van der Waals surface area contributed by atoms with Crippen LogP contribution in [0.2, 0.25) is 0 Å². The highest BCUT2D eigenvalue weighted by Crippen LogP contribution is 2.27. The molecule has 1 saturated heterocycles. The molecule has 0 unspecified atom stereocenters. The topological polar surface area (TPSA) is 32.3 Å². The monoisotopic (exact) mass is 196 g/mol. The maximum Gasteiger partial charge on any atom is 0.225 e. The van der Waals surface area contributed by atoms with E-state index in [9.17, 15) is 4.79 Å². The summed E-state index contributed by atoms with van der Waals surface area (Å²) in [5.74, 6) is 0.719.